The first-order valence-corrected chi connectivity index (χ1v) is 6.65. The summed E-state index contributed by atoms with van der Waals surface area (Å²) in [7, 11) is 0. The summed E-state index contributed by atoms with van der Waals surface area (Å²) >= 11 is 5.93. The van der Waals surface area contributed by atoms with E-state index in [1.54, 1.807) is 18.3 Å². The highest BCUT2D eigenvalue weighted by Crippen LogP contribution is 2.20. The molecule has 0 saturated heterocycles. The number of nitrogens with two attached hydrogens (primary N) is 1. The monoisotopic (exact) mass is 284 g/mol. The molecule has 1 heterocycles. The Morgan fingerprint density at radius 3 is 2.70 bits per heavy atom. The Hall–Kier alpha value is -2.26. The predicted octanol–water partition coefficient (Wildman–Crippen LogP) is 3.29. The lowest BCUT2D eigenvalue weighted by atomic mass is 10.1. The average Bonchev–Trinajstić information content (AvgIpc) is 2.46. The number of benzene rings is 2. The highest BCUT2D eigenvalue weighted by Gasteiger charge is 2.04. The molecule has 4 heteroatoms. The molecule has 3 rings (SSSR count). The van der Waals surface area contributed by atoms with Crippen molar-refractivity contribution in [2.75, 3.05) is 5.73 Å². The second-order valence-corrected chi connectivity index (χ2v) is 5.09. The highest BCUT2D eigenvalue weighted by atomic mass is 35.5. The van der Waals surface area contributed by atoms with Crippen molar-refractivity contribution in [2.24, 2.45) is 0 Å². The first-order chi connectivity index (χ1) is 9.65. The zero-order valence-corrected chi connectivity index (χ0v) is 11.5. The molecule has 100 valence electrons. The van der Waals surface area contributed by atoms with Crippen LogP contribution < -0.4 is 11.2 Å². The summed E-state index contributed by atoms with van der Waals surface area (Å²) in [4.78, 5) is 11.8. The van der Waals surface area contributed by atoms with Gasteiger partial charge in [-0.1, -0.05) is 29.8 Å². The minimum Gasteiger partial charge on any atom is -0.398 e. The van der Waals surface area contributed by atoms with Gasteiger partial charge < -0.3 is 10.3 Å². The molecule has 2 aromatic carbocycles. The van der Waals surface area contributed by atoms with Gasteiger partial charge in [0.25, 0.3) is 0 Å². The Labute approximate surface area is 121 Å². The van der Waals surface area contributed by atoms with E-state index < -0.39 is 0 Å². The molecule has 0 amide bonds. The van der Waals surface area contributed by atoms with Crippen molar-refractivity contribution in [1.29, 1.82) is 0 Å². The number of nitrogens with zero attached hydrogens (tertiary/aromatic N) is 1. The van der Waals surface area contributed by atoms with E-state index in [4.69, 9.17) is 17.3 Å². The van der Waals surface area contributed by atoms with Gasteiger partial charge in [0.1, 0.15) is 0 Å². The quantitative estimate of drug-likeness (QED) is 0.734. The molecule has 0 fully saturated rings. The Balaban J connectivity index is 2.09. The molecule has 0 radical (unpaired) electrons. The Bertz CT molecular complexity index is 839. The third kappa shape index (κ3) is 2.28. The molecule has 0 unspecified atom stereocenters. The number of fused-ring (bicyclic) bond motifs is 1. The largest absolute Gasteiger partial charge is 0.398 e. The fourth-order valence-corrected chi connectivity index (χ4v) is 2.40. The van der Waals surface area contributed by atoms with Crippen LogP contribution in [0.2, 0.25) is 5.02 Å². The summed E-state index contributed by atoms with van der Waals surface area (Å²) in [5, 5.41) is 1.27. The molecule has 0 aliphatic heterocycles. The normalized spacial score (nSPS) is 10.8. The van der Waals surface area contributed by atoms with Gasteiger partial charge >= 0.3 is 0 Å². The SMILES string of the molecule is Nc1cc(Cn2ccc(=O)c3ccccc32)ccc1Cl. The summed E-state index contributed by atoms with van der Waals surface area (Å²) in [5.74, 6) is 0. The lowest BCUT2D eigenvalue weighted by molar-refractivity contribution is 0.826. The summed E-state index contributed by atoms with van der Waals surface area (Å²) in [6.45, 7) is 0.641. The van der Waals surface area contributed by atoms with Gasteiger partial charge in [-0.2, -0.15) is 0 Å². The van der Waals surface area contributed by atoms with Gasteiger partial charge in [0.15, 0.2) is 5.43 Å². The van der Waals surface area contributed by atoms with Gasteiger partial charge in [0.05, 0.1) is 16.2 Å². The van der Waals surface area contributed by atoms with Gasteiger partial charge in [-0.05, 0) is 29.8 Å². The minimum absolute atomic E-state index is 0.0347. The zero-order valence-electron chi connectivity index (χ0n) is 10.7. The average molecular weight is 285 g/mol. The van der Waals surface area contributed by atoms with Crippen LogP contribution >= 0.6 is 11.6 Å². The van der Waals surface area contributed by atoms with Gasteiger partial charge in [0.2, 0.25) is 0 Å². The number of para-hydroxylation sites is 1. The van der Waals surface area contributed by atoms with E-state index in [0.717, 1.165) is 16.5 Å². The summed E-state index contributed by atoms with van der Waals surface area (Å²) in [6, 6.07) is 14.7. The molecule has 0 aliphatic rings. The number of anilines is 1. The standard InChI is InChI=1S/C16H13ClN2O/c17-13-6-5-11(9-14(13)18)10-19-8-7-16(20)12-3-1-2-4-15(12)19/h1-9H,10,18H2. The van der Waals surface area contributed by atoms with Crippen molar-refractivity contribution in [3.63, 3.8) is 0 Å². The molecule has 3 nitrogen and oxygen atoms in total. The zero-order chi connectivity index (χ0) is 14.1. The van der Waals surface area contributed by atoms with E-state index in [1.165, 1.54) is 0 Å². The first-order valence-electron chi connectivity index (χ1n) is 6.27. The fourth-order valence-electron chi connectivity index (χ4n) is 2.29. The lowest BCUT2D eigenvalue weighted by Gasteiger charge is -2.11. The van der Waals surface area contributed by atoms with Crippen molar-refractivity contribution < 1.29 is 0 Å². The van der Waals surface area contributed by atoms with E-state index in [2.05, 4.69) is 0 Å². The van der Waals surface area contributed by atoms with Crippen LogP contribution in [0.4, 0.5) is 5.69 Å². The van der Waals surface area contributed by atoms with Crippen LogP contribution in [0.15, 0.2) is 59.5 Å². The second kappa shape index (κ2) is 5.02. The molecular weight excluding hydrogens is 272 g/mol. The lowest BCUT2D eigenvalue weighted by Crippen LogP contribution is -2.08. The van der Waals surface area contributed by atoms with Gasteiger partial charge in [0, 0.05) is 24.2 Å². The van der Waals surface area contributed by atoms with Crippen LogP contribution in [0.25, 0.3) is 10.9 Å². The summed E-state index contributed by atoms with van der Waals surface area (Å²) in [6.07, 6.45) is 1.80. The van der Waals surface area contributed by atoms with Gasteiger partial charge in [-0.3, -0.25) is 4.79 Å². The van der Waals surface area contributed by atoms with E-state index in [1.807, 2.05) is 41.0 Å². The second-order valence-electron chi connectivity index (χ2n) is 4.68. The molecule has 2 N–H and O–H groups in total. The molecule has 0 saturated carbocycles. The first kappa shape index (κ1) is 12.8. The van der Waals surface area contributed by atoms with Crippen LogP contribution in [0, 0.1) is 0 Å². The minimum atomic E-state index is 0.0347. The number of halogens is 1. The van der Waals surface area contributed by atoms with E-state index in [0.29, 0.717) is 17.3 Å². The molecular formula is C16H13ClN2O. The Morgan fingerprint density at radius 1 is 1.10 bits per heavy atom. The maximum atomic E-state index is 11.8. The Morgan fingerprint density at radius 2 is 1.90 bits per heavy atom. The van der Waals surface area contributed by atoms with E-state index in [9.17, 15) is 4.79 Å². The summed E-state index contributed by atoms with van der Waals surface area (Å²) in [5.41, 5.74) is 8.37. The molecule has 1 aromatic heterocycles. The number of pyridine rings is 1. The number of rotatable bonds is 2. The predicted molar refractivity (Wildman–Crippen MR) is 83.2 cm³/mol. The molecule has 0 atom stereocenters. The van der Waals surface area contributed by atoms with Crippen molar-refractivity contribution in [1.82, 2.24) is 4.57 Å². The van der Waals surface area contributed by atoms with Crippen molar-refractivity contribution in [2.45, 2.75) is 6.54 Å². The van der Waals surface area contributed by atoms with Crippen molar-refractivity contribution >= 4 is 28.2 Å². The molecule has 20 heavy (non-hydrogen) atoms. The number of hydrogen-bond donors (Lipinski definition) is 1. The highest BCUT2D eigenvalue weighted by molar-refractivity contribution is 6.33. The van der Waals surface area contributed by atoms with Crippen LogP contribution in [0.3, 0.4) is 0 Å². The molecule has 0 aliphatic carbocycles. The van der Waals surface area contributed by atoms with E-state index >= 15 is 0 Å². The van der Waals surface area contributed by atoms with Gasteiger partial charge in [-0.15, -0.1) is 0 Å². The van der Waals surface area contributed by atoms with Crippen LogP contribution in [-0.2, 0) is 6.54 Å². The van der Waals surface area contributed by atoms with Crippen LogP contribution in [-0.4, -0.2) is 4.57 Å². The maximum absolute atomic E-state index is 11.8. The van der Waals surface area contributed by atoms with Crippen LogP contribution in [0.1, 0.15) is 5.56 Å². The van der Waals surface area contributed by atoms with Gasteiger partial charge in [-0.25, -0.2) is 0 Å². The maximum Gasteiger partial charge on any atom is 0.189 e. The number of nitrogen functional groups attached to an aromatic ring is 1. The van der Waals surface area contributed by atoms with Crippen molar-refractivity contribution in [3.05, 3.63) is 75.5 Å². The third-order valence-corrected chi connectivity index (χ3v) is 3.64. The smallest absolute Gasteiger partial charge is 0.189 e. The van der Waals surface area contributed by atoms with E-state index in [-0.39, 0.29) is 5.43 Å². The third-order valence-electron chi connectivity index (χ3n) is 3.30. The Kier molecular flexibility index (Phi) is 3.20. The van der Waals surface area contributed by atoms with Crippen LogP contribution in [0.5, 0.6) is 0 Å². The number of hydrogen-bond acceptors (Lipinski definition) is 2. The number of aromatic nitrogens is 1. The summed E-state index contributed by atoms with van der Waals surface area (Å²) < 4.78 is 2.03. The molecule has 0 spiro atoms. The molecule has 0 bridgehead atoms. The van der Waals surface area contributed by atoms with Crippen molar-refractivity contribution in [3.8, 4) is 0 Å². The topological polar surface area (TPSA) is 48.0 Å². The molecule has 3 aromatic rings. The fraction of sp³-hybridized carbons (Fsp3) is 0.0625.